The zero-order valence-corrected chi connectivity index (χ0v) is 22.1. The summed E-state index contributed by atoms with van der Waals surface area (Å²) in [5.74, 6) is -0.0729. The number of carbonyl (C=O) groups is 3. The molecular formula is C30H35N5O3. The van der Waals surface area contributed by atoms with Crippen molar-refractivity contribution in [3.8, 4) is 0 Å². The molecule has 8 heteroatoms. The molecule has 2 aliphatic rings. The van der Waals surface area contributed by atoms with Gasteiger partial charge in [0.25, 0.3) is 5.91 Å². The SMILES string of the molecule is CCN(CC)C(=O)CN1CN(c2ccccc2)C2(CCN(C(=O)Nc3cccc4ccccc34)CC2)C1=O. The van der Waals surface area contributed by atoms with Crippen molar-refractivity contribution in [3.05, 3.63) is 72.8 Å². The number of carbonyl (C=O) groups excluding carboxylic acids is 3. The summed E-state index contributed by atoms with van der Waals surface area (Å²) in [6.45, 7) is 6.45. The van der Waals surface area contributed by atoms with Gasteiger partial charge in [0.2, 0.25) is 5.91 Å². The second-order valence-electron chi connectivity index (χ2n) is 9.95. The highest BCUT2D eigenvalue weighted by molar-refractivity contribution is 6.02. The highest BCUT2D eigenvalue weighted by Gasteiger charge is 2.54. The van der Waals surface area contributed by atoms with Gasteiger partial charge >= 0.3 is 6.03 Å². The van der Waals surface area contributed by atoms with Gasteiger partial charge in [-0.1, -0.05) is 54.6 Å². The molecule has 8 nitrogen and oxygen atoms in total. The van der Waals surface area contributed by atoms with E-state index >= 15 is 0 Å². The molecule has 0 unspecified atom stereocenters. The number of hydrogen-bond acceptors (Lipinski definition) is 4. The minimum atomic E-state index is -0.777. The number of piperidine rings is 1. The summed E-state index contributed by atoms with van der Waals surface area (Å²) in [7, 11) is 0. The Bertz CT molecular complexity index is 1310. The summed E-state index contributed by atoms with van der Waals surface area (Å²) in [5, 5.41) is 5.13. The summed E-state index contributed by atoms with van der Waals surface area (Å²) in [6, 6.07) is 23.6. The smallest absolute Gasteiger partial charge is 0.321 e. The minimum absolute atomic E-state index is 0.0315. The summed E-state index contributed by atoms with van der Waals surface area (Å²) in [4.78, 5) is 47.4. The Morgan fingerprint density at radius 1 is 0.895 bits per heavy atom. The Morgan fingerprint density at radius 3 is 2.26 bits per heavy atom. The van der Waals surface area contributed by atoms with Crippen LogP contribution in [0.15, 0.2) is 72.8 Å². The zero-order chi connectivity index (χ0) is 26.7. The number of nitrogens with one attached hydrogen (secondary N) is 1. The summed E-state index contributed by atoms with van der Waals surface area (Å²) >= 11 is 0. The van der Waals surface area contributed by atoms with Crippen LogP contribution < -0.4 is 10.2 Å². The van der Waals surface area contributed by atoms with E-state index in [1.807, 2.05) is 86.6 Å². The highest BCUT2D eigenvalue weighted by atomic mass is 16.2. The molecule has 0 bridgehead atoms. The Morgan fingerprint density at radius 2 is 1.55 bits per heavy atom. The second kappa shape index (κ2) is 10.7. The number of nitrogens with zero attached hydrogens (tertiary/aromatic N) is 4. The number of amides is 4. The lowest BCUT2D eigenvalue weighted by atomic mass is 9.85. The zero-order valence-electron chi connectivity index (χ0n) is 22.1. The van der Waals surface area contributed by atoms with Gasteiger partial charge in [-0.15, -0.1) is 0 Å². The van der Waals surface area contributed by atoms with E-state index in [9.17, 15) is 14.4 Å². The molecule has 38 heavy (non-hydrogen) atoms. The third-order valence-electron chi connectivity index (χ3n) is 7.93. The Labute approximate surface area is 223 Å². The van der Waals surface area contributed by atoms with Gasteiger partial charge in [-0.3, -0.25) is 9.59 Å². The molecule has 5 rings (SSSR count). The fourth-order valence-electron chi connectivity index (χ4n) is 5.77. The fourth-order valence-corrected chi connectivity index (χ4v) is 5.77. The molecule has 4 amide bonds. The Balaban J connectivity index is 1.33. The molecule has 2 fully saturated rings. The van der Waals surface area contributed by atoms with Crippen molar-refractivity contribution in [3.63, 3.8) is 0 Å². The molecule has 0 radical (unpaired) electrons. The summed E-state index contributed by atoms with van der Waals surface area (Å²) < 4.78 is 0. The monoisotopic (exact) mass is 513 g/mol. The van der Waals surface area contributed by atoms with Crippen LogP contribution in [0.2, 0.25) is 0 Å². The normalized spacial score (nSPS) is 16.8. The van der Waals surface area contributed by atoms with Crippen LogP contribution in [0.4, 0.5) is 16.2 Å². The number of para-hydroxylation sites is 1. The van der Waals surface area contributed by atoms with Crippen molar-refractivity contribution in [1.82, 2.24) is 14.7 Å². The van der Waals surface area contributed by atoms with Crippen LogP contribution in [0.25, 0.3) is 10.8 Å². The maximum atomic E-state index is 13.9. The molecule has 0 aromatic heterocycles. The highest BCUT2D eigenvalue weighted by Crippen LogP contribution is 2.39. The third-order valence-corrected chi connectivity index (χ3v) is 7.93. The number of anilines is 2. The molecule has 198 valence electrons. The summed E-state index contributed by atoms with van der Waals surface area (Å²) in [5.41, 5.74) is 0.950. The van der Waals surface area contributed by atoms with Crippen LogP contribution in [-0.2, 0) is 9.59 Å². The summed E-state index contributed by atoms with van der Waals surface area (Å²) in [6.07, 6.45) is 0.999. The second-order valence-corrected chi connectivity index (χ2v) is 9.95. The number of hydrogen-bond donors (Lipinski definition) is 1. The van der Waals surface area contributed by atoms with Gasteiger partial charge in [-0.25, -0.2) is 4.79 Å². The standard InChI is InChI=1S/C30H35N5O3/c1-3-32(4-2)27(36)21-34-22-35(24-13-6-5-7-14-24)30(28(34)37)17-19-33(20-18-30)29(38)31-26-16-10-12-23-11-8-9-15-25(23)26/h5-16H,3-4,17-22H2,1-2H3,(H,31,38). The largest absolute Gasteiger partial charge is 0.342 e. The van der Waals surface area contributed by atoms with Gasteiger partial charge in [0.15, 0.2) is 0 Å². The minimum Gasteiger partial charge on any atom is -0.342 e. The average Bonchev–Trinajstić information content (AvgIpc) is 3.21. The molecule has 2 saturated heterocycles. The van der Waals surface area contributed by atoms with Crippen LogP contribution >= 0.6 is 0 Å². The molecule has 2 aliphatic heterocycles. The van der Waals surface area contributed by atoms with E-state index in [-0.39, 0.29) is 24.4 Å². The molecule has 0 saturated carbocycles. The van der Waals surface area contributed by atoms with Gasteiger partial charge < -0.3 is 24.9 Å². The number of benzene rings is 3. The number of rotatable bonds is 6. The Kier molecular flexibility index (Phi) is 7.22. The molecule has 1 spiro atoms. The molecule has 0 atom stereocenters. The first-order valence-corrected chi connectivity index (χ1v) is 13.4. The van der Waals surface area contributed by atoms with E-state index in [0.29, 0.717) is 45.7 Å². The number of urea groups is 1. The maximum absolute atomic E-state index is 13.9. The van der Waals surface area contributed by atoms with Gasteiger partial charge in [0.1, 0.15) is 12.1 Å². The number of fused-ring (bicyclic) bond motifs is 1. The van der Waals surface area contributed by atoms with Crippen molar-refractivity contribution in [2.75, 3.05) is 49.6 Å². The van der Waals surface area contributed by atoms with Gasteiger partial charge in [0.05, 0.1) is 12.4 Å². The number of likely N-dealkylation sites (tertiary alicyclic amines) is 1. The lowest BCUT2D eigenvalue weighted by molar-refractivity contribution is -0.140. The van der Waals surface area contributed by atoms with E-state index in [2.05, 4.69) is 10.2 Å². The molecular weight excluding hydrogens is 478 g/mol. The maximum Gasteiger partial charge on any atom is 0.321 e. The first-order chi connectivity index (χ1) is 18.5. The van der Waals surface area contributed by atoms with Crippen molar-refractivity contribution in [1.29, 1.82) is 0 Å². The lowest BCUT2D eigenvalue weighted by Gasteiger charge is -2.43. The predicted octanol–water partition coefficient (Wildman–Crippen LogP) is 4.38. The van der Waals surface area contributed by atoms with E-state index in [0.717, 1.165) is 22.1 Å². The van der Waals surface area contributed by atoms with Gasteiger partial charge in [-0.05, 0) is 50.3 Å². The van der Waals surface area contributed by atoms with Crippen LogP contribution in [0.5, 0.6) is 0 Å². The molecule has 3 aromatic rings. The van der Waals surface area contributed by atoms with E-state index in [1.165, 1.54) is 0 Å². The van der Waals surface area contributed by atoms with Gasteiger partial charge in [-0.2, -0.15) is 0 Å². The number of likely N-dealkylation sites (N-methyl/N-ethyl adjacent to an activating group) is 1. The third kappa shape index (κ3) is 4.66. The van der Waals surface area contributed by atoms with Crippen LogP contribution in [-0.4, -0.2) is 77.5 Å². The molecule has 0 aliphatic carbocycles. The van der Waals surface area contributed by atoms with E-state index in [1.54, 1.807) is 14.7 Å². The first-order valence-electron chi connectivity index (χ1n) is 13.4. The predicted molar refractivity (Wildman–Crippen MR) is 150 cm³/mol. The molecule has 1 N–H and O–H groups in total. The molecule has 2 heterocycles. The van der Waals surface area contributed by atoms with Crippen molar-refractivity contribution < 1.29 is 14.4 Å². The van der Waals surface area contributed by atoms with E-state index in [4.69, 9.17) is 0 Å². The Hall–Kier alpha value is -4.07. The molecule has 3 aromatic carbocycles. The van der Waals surface area contributed by atoms with Crippen LogP contribution in [0.1, 0.15) is 26.7 Å². The van der Waals surface area contributed by atoms with Crippen molar-refractivity contribution >= 4 is 40.0 Å². The van der Waals surface area contributed by atoms with Crippen molar-refractivity contribution in [2.24, 2.45) is 0 Å². The van der Waals surface area contributed by atoms with Crippen LogP contribution in [0.3, 0.4) is 0 Å². The van der Waals surface area contributed by atoms with Crippen LogP contribution in [0, 0.1) is 0 Å². The first kappa shape index (κ1) is 25.6. The lowest BCUT2D eigenvalue weighted by Crippen LogP contribution is -2.58. The quantitative estimate of drug-likeness (QED) is 0.531. The topological polar surface area (TPSA) is 76.2 Å². The average molecular weight is 514 g/mol. The van der Waals surface area contributed by atoms with E-state index < -0.39 is 5.54 Å². The van der Waals surface area contributed by atoms with Gasteiger partial charge in [0, 0.05) is 37.3 Å². The fraction of sp³-hybridized carbons (Fsp3) is 0.367. The van der Waals surface area contributed by atoms with Crippen molar-refractivity contribution in [2.45, 2.75) is 32.2 Å².